The lowest BCUT2D eigenvalue weighted by atomic mass is 9.92. The van der Waals surface area contributed by atoms with Gasteiger partial charge in [0.1, 0.15) is 5.02 Å². The molecule has 0 radical (unpaired) electrons. The Morgan fingerprint density at radius 3 is 3.05 bits per heavy atom. The largest absolute Gasteiger partial charge is 0.354 e. The molecule has 2 aliphatic rings. The summed E-state index contributed by atoms with van der Waals surface area (Å²) in [7, 11) is 0. The van der Waals surface area contributed by atoms with Gasteiger partial charge in [-0.15, -0.1) is 0 Å². The fraction of sp³-hybridized carbons (Fsp3) is 0.733. The van der Waals surface area contributed by atoms with Crippen LogP contribution in [-0.2, 0) is 0 Å². The van der Waals surface area contributed by atoms with Gasteiger partial charge in [-0.1, -0.05) is 24.9 Å². The normalized spacial score (nSPS) is 25.6. The van der Waals surface area contributed by atoms with Crippen LogP contribution in [0.4, 0.5) is 11.8 Å². The molecular weight excluding hydrogens is 272 g/mol. The molecule has 0 spiro atoms. The summed E-state index contributed by atoms with van der Waals surface area (Å²) >= 11 is 6.36. The Kier molecular flexibility index (Phi) is 4.29. The molecule has 5 heteroatoms. The van der Waals surface area contributed by atoms with Crippen LogP contribution in [0.1, 0.15) is 45.4 Å². The van der Waals surface area contributed by atoms with Crippen LogP contribution in [0.25, 0.3) is 0 Å². The van der Waals surface area contributed by atoms with Crippen LogP contribution in [0.3, 0.4) is 0 Å². The summed E-state index contributed by atoms with van der Waals surface area (Å²) in [6.45, 7) is 4.11. The highest BCUT2D eigenvalue weighted by Gasteiger charge is 2.36. The molecular formula is C15H23ClN4. The van der Waals surface area contributed by atoms with Crippen molar-refractivity contribution < 1.29 is 0 Å². The smallest absolute Gasteiger partial charge is 0.224 e. The fourth-order valence-corrected chi connectivity index (χ4v) is 3.80. The zero-order valence-corrected chi connectivity index (χ0v) is 12.9. The Hall–Kier alpha value is -1.03. The highest BCUT2D eigenvalue weighted by molar-refractivity contribution is 6.32. The van der Waals surface area contributed by atoms with Crippen molar-refractivity contribution in [1.82, 2.24) is 9.97 Å². The molecule has 0 bridgehead atoms. The van der Waals surface area contributed by atoms with E-state index in [9.17, 15) is 0 Å². The van der Waals surface area contributed by atoms with Crippen LogP contribution in [0.5, 0.6) is 0 Å². The molecule has 0 amide bonds. The van der Waals surface area contributed by atoms with E-state index in [4.69, 9.17) is 11.6 Å². The number of piperidine rings is 1. The molecule has 2 unspecified atom stereocenters. The monoisotopic (exact) mass is 294 g/mol. The highest BCUT2D eigenvalue weighted by Crippen LogP contribution is 2.40. The third-order valence-corrected chi connectivity index (χ3v) is 4.79. The van der Waals surface area contributed by atoms with Crippen molar-refractivity contribution in [3.8, 4) is 0 Å². The van der Waals surface area contributed by atoms with Gasteiger partial charge in [0.2, 0.25) is 5.95 Å². The van der Waals surface area contributed by atoms with Gasteiger partial charge in [-0.25, -0.2) is 4.98 Å². The Labute approximate surface area is 125 Å². The van der Waals surface area contributed by atoms with Crippen LogP contribution in [0.15, 0.2) is 6.20 Å². The van der Waals surface area contributed by atoms with E-state index in [0.717, 1.165) is 31.2 Å². The van der Waals surface area contributed by atoms with E-state index in [1.807, 2.05) is 0 Å². The predicted octanol–water partition coefficient (Wildman–Crippen LogP) is 3.72. The third kappa shape index (κ3) is 2.71. The summed E-state index contributed by atoms with van der Waals surface area (Å²) in [4.78, 5) is 11.4. The van der Waals surface area contributed by atoms with Crippen molar-refractivity contribution in [2.75, 3.05) is 23.3 Å². The van der Waals surface area contributed by atoms with E-state index in [1.165, 1.54) is 32.1 Å². The van der Waals surface area contributed by atoms with Gasteiger partial charge in [0, 0.05) is 19.1 Å². The highest BCUT2D eigenvalue weighted by atomic mass is 35.5. The quantitative estimate of drug-likeness (QED) is 0.919. The van der Waals surface area contributed by atoms with Crippen molar-refractivity contribution in [3.63, 3.8) is 0 Å². The van der Waals surface area contributed by atoms with Crippen LogP contribution in [0, 0.1) is 5.92 Å². The summed E-state index contributed by atoms with van der Waals surface area (Å²) < 4.78 is 0. The van der Waals surface area contributed by atoms with E-state index in [1.54, 1.807) is 6.20 Å². The number of nitrogens with zero attached hydrogens (tertiary/aromatic N) is 3. The first-order valence-corrected chi connectivity index (χ1v) is 8.20. The first-order chi connectivity index (χ1) is 9.79. The molecule has 20 heavy (non-hydrogen) atoms. The average Bonchev–Trinajstić information content (AvgIpc) is 2.95. The summed E-state index contributed by atoms with van der Waals surface area (Å²) in [6, 6.07) is 0.634. The second-order valence-electron chi connectivity index (χ2n) is 5.89. The van der Waals surface area contributed by atoms with Crippen molar-refractivity contribution in [2.45, 2.75) is 51.5 Å². The number of aromatic nitrogens is 2. The van der Waals surface area contributed by atoms with Crippen molar-refractivity contribution in [1.29, 1.82) is 0 Å². The SMILES string of the molecule is CCCNc1ncc(Cl)c(N2CCCC3CCCC32)n1. The van der Waals surface area contributed by atoms with Gasteiger partial charge < -0.3 is 10.2 Å². The minimum atomic E-state index is 0.634. The minimum absolute atomic E-state index is 0.634. The first-order valence-electron chi connectivity index (χ1n) is 7.82. The zero-order chi connectivity index (χ0) is 13.9. The third-order valence-electron chi connectivity index (χ3n) is 4.52. The summed E-state index contributed by atoms with van der Waals surface area (Å²) in [5.74, 6) is 2.46. The van der Waals surface area contributed by atoms with Crippen LogP contribution in [0.2, 0.25) is 5.02 Å². The number of anilines is 2. The lowest BCUT2D eigenvalue weighted by molar-refractivity contribution is 0.360. The van der Waals surface area contributed by atoms with Crippen molar-refractivity contribution in [2.24, 2.45) is 5.92 Å². The molecule has 1 saturated carbocycles. The van der Waals surface area contributed by atoms with Crippen molar-refractivity contribution in [3.05, 3.63) is 11.2 Å². The minimum Gasteiger partial charge on any atom is -0.354 e. The topological polar surface area (TPSA) is 41.1 Å². The van der Waals surface area contributed by atoms with Gasteiger partial charge >= 0.3 is 0 Å². The molecule has 2 heterocycles. The van der Waals surface area contributed by atoms with Gasteiger partial charge in [-0.05, 0) is 38.0 Å². The van der Waals surface area contributed by atoms with Crippen molar-refractivity contribution >= 4 is 23.4 Å². The van der Waals surface area contributed by atoms with E-state index in [2.05, 4.69) is 27.1 Å². The Bertz CT molecular complexity index is 465. The molecule has 1 aliphatic heterocycles. The zero-order valence-electron chi connectivity index (χ0n) is 12.1. The van der Waals surface area contributed by atoms with Gasteiger partial charge in [0.15, 0.2) is 5.82 Å². The summed E-state index contributed by atoms with van der Waals surface area (Å²) in [5.41, 5.74) is 0. The number of halogens is 1. The van der Waals surface area contributed by atoms with E-state index in [0.29, 0.717) is 17.0 Å². The molecule has 4 nitrogen and oxygen atoms in total. The summed E-state index contributed by atoms with van der Waals surface area (Å²) in [6.07, 6.45) is 9.41. The number of hydrogen-bond donors (Lipinski definition) is 1. The lowest BCUT2D eigenvalue weighted by Gasteiger charge is -2.39. The van der Waals surface area contributed by atoms with Gasteiger partial charge in [0.25, 0.3) is 0 Å². The van der Waals surface area contributed by atoms with Gasteiger partial charge in [-0.2, -0.15) is 4.98 Å². The fourth-order valence-electron chi connectivity index (χ4n) is 3.60. The van der Waals surface area contributed by atoms with E-state index < -0.39 is 0 Å². The molecule has 1 aliphatic carbocycles. The Morgan fingerprint density at radius 2 is 2.20 bits per heavy atom. The summed E-state index contributed by atoms with van der Waals surface area (Å²) in [5, 5.41) is 3.93. The molecule has 1 aromatic heterocycles. The van der Waals surface area contributed by atoms with Crippen LogP contribution in [-0.4, -0.2) is 29.1 Å². The van der Waals surface area contributed by atoms with Crippen LogP contribution < -0.4 is 10.2 Å². The Morgan fingerprint density at radius 1 is 1.35 bits per heavy atom. The molecule has 3 rings (SSSR count). The number of fused-ring (bicyclic) bond motifs is 1. The maximum atomic E-state index is 6.36. The number of rotatable bonds is 4. The number of nitrogens with one attached hydrogen (secondary N) is 1. The molecule has 110 valence electrons. The second-order valence-corrected chi connectivity index (χ2v) is 6.29. The second kappa shape index (κ2) is 6.17. The van der Waals surface area contributed by atoms with E-state index in [-0.39, 0.29) is 0 Å². The molecule has 1 aromatic rings. The van der Waals surface area contributed by atoms with E-state index >= 15 is 0 Å². The first kappa shape index (κ1) is 13.9. The molecule has 1 saturated heterocycles. The van der Waals surface area contributed by atoms with Gasteiger partial charge in [-0.3, -0.25) is 0 Å². The lowest BCUT2D eigenvalue weighted by Crippen LogP contribution is -2.43. The number of hydrogen-bond acceptors (Lipinski definition) is 4. The standard InChI is InChI=1S/C15H23ClN4/c1-2-8-17-15-18-10-12(16)14(19-15)20-9-4-6-11-5-3-7-13(11)20/h10-11,13H,2-9H2,1H3,(H,17,18,19). The maximum Gasteiger partial charge on any atom is 0.224 e. The molecule has 2 fully saturated rings. The van der Waals surface area contributed by atoms with Crippen LogP contribution >= 0.6 is 11.6 Å². The Balaban J connectivity index is 1.84. The molecule has 0 aromatic carbocycles. The maximum absolute atomic E-state index is 6.36. The molecule has 2 atom stereocenters. The van der Waals surface area contributed by atoms with Gasteiger partial charge in [0.05, 0.1) is 6.20 Å². The predicted molar refractivity (Wildman–Crippen MR) is 83.5 cm³/mol. The molecule has 1 N–H and O–H groups in total. The average molecular weight is 295 g/mol.